The number of benzene rings is 1. The van der Waals surface area contributed by atoms with Crippen molar-refractivity contribution in [1.29, 1.82) is 0 Å². The molecule has 1 aromatic carbocycles. The summed E-state index contributed by atoms with van der Waals surface area (Å²) in [5, 5.41) is 4.50. The summed E-state index contributed by atoms with van der Waals surface area (Å²) in [5.74, 6) is -0.128. The zero-order valence-electron chi connectivity index (χ0n) is 13.0. The number of aryl methyl sites for hydroxylation is 3. The third-order valence-electron chi connectivity index (χ3n) is 3.91. The van der Waals surface area contributed by atoms with Crippen LogP contribution < -0.4 is 5.56 Å². The van der Waals surface area contributed by atoms with Crippen LogP contribution in [0.3, 0.4) is 0 Å². The summed E-state index contributed by atoms with van der Waals surface area (Å²) in [6.45, 7) is 3.90. The number of halogens is 1. The summed E-state index contributed by atoms with van der Waals surface area (Å²) in [4.78, 5) is 29.2. The first-order chi connectivity index (χ1) is 10.9. The van der Waals surface area contributed by atoms with E-state index in [1.54, 1.807) is 13.1 Å². The number of hydrogen-bond acceptors (Lipinski definition) is 4. The van der Waals surface area contributed by atoms with E-state index in [-0.39, 0.29) is 17.9 Å². The topological polar surface area (TPSA) is 69.8 Å². The molecule has 0 radical (unpaired) electrons. The van der Waals surface area contributed by atoms with Crippen LogP contribution >= 0.6 is 15.9 Å². The number of aromatic nitrogens is 4. The largest absolute Gasteiger partial charge is 0.292 e. The Balaban J connectivity index is 1.99. The van der Waals surface area contributed by atoms with Crippen LogP contribution in [0.25, 0.3) is 11.0 Å². The maximum Gasteiger partial charge on any atom is 0.266 e. The van der Waals surface area contributed by atoms with Crippen molar-refractivity contribution in [3.63, 3.8) is 0 Å². The SMILES string of the molecule is Cc1ccc(C(=O)Cn2cnc3c(c(Br)nn3C)c2=O)cc1C. The van der Waals surface area contributed by atoms with Gasteiger partial charge in [0.25, 0.3) is 5.56 Å². The molecule has 3 aromatic rings. The average molecular weight is 375 g/mol. The second kappa shape index (κ2) is 5.73. The highest BCUT2D eigenvalue weighted by Crippen LogP contribution is 2.17. The average Bonchev–Trinajstić information content (AvgIpc) is 2.79. The Morgan fingerprint density at radius 3 is 2.70 bits per heavy atom. The number of Topliss-reactive ketones (excluding diaryl/α,β-unsaturated/α-hetero) is 1. The van der Waals surface area contributed by atoms with Crippen molar-refractivity contribution in [3.05, 3.63) is 56.2 Å². The lowest BCUT2D eigenvalue weighted by Crippen LogP contribution is -2.24. The summed E-state index contributed by atoms with van der Waals surface area (Å²) in [7, 11) is 1.71. The molecule has 6 nitrogen and oxygen atoms in total. The molecule has 0 atom stereocenters. The van der Waals surface area contributed by atoms with E-state index < -0.39 is 0 Å². The van der Waals surface area contributed by atoms with Crippen molar-refractivity contribution in [3.8, 4) is 0 Å². The summed E-state index contributed by atoms with van der Waals surface area (Å²) in [6, 6.07) is 5.53. The zero-order chi connectivity index (χ0) is 16.7. The van der Waals surface area contributed by atoms with Gasteiger partial charge in [0, 0.05) is 12.6 Å². The lowest BCUT2D eigenvalue weighted by atomic mass is 10.0. The molecule has 0 aliphatic rings. The Morgan fingerprint density at radius 2 is 2.00 bits per heavy atom. The third kappa shape index (κ3) is 2.72. The third-order valence-corrected chi connectivity index (χ3v) is 4.47. The van der Waals surface area contributed by atoms with Crippen LogP contribution in [0.4, 0.5) is 0 Å². The van der Waals surface area contributed by atoms with Crippen molar-refractivity contribution < 1.29 is 4.79 Å². The molecule has 3 rings (SSSR count). The number of ketones is 1. The van der Waals surface area contributed by atoms with Crippen molar-refractivity contribution in [2.24, 2.45) is 7.05 Å². The molecule has 0 spiro atoms. The number of carbonyl (C=O) groups excluding carboxylic acids is 1. The smallest absolute Gasteiger partial charge is 0.266 e. The van der Waals surface area contributed by atoms with Gasteiger partial charge in [-0.3, -0.25) is 14.2 Å². The highest BCUT2D eigenvalue weighted by molar-refractivity contribution is 9.10. The molecule has 0 unspecified atom stereocenters. The Hall–Kier alpha value is -2.28. The van der Waals surface area contributed by atoms with Gasteiger partial charge in [0.15, 0.2) is 11.4 Å². The second-order valence-corrected chi connectivity index (χ2v) is 6.26. The van der Waals surface area contributed by atoms with E-state index in [0.717, 1.165) is 11.1 Å². The number of fused-ring (bicyclic) bond motifs is 1. The molecule has 0 fully saturated rings. The minimum atomic E-state index is -0.285. The predicted molar refractivity (Wildman–Crippen MR) is 90.7 cm³/mol. The van der Waals surface area contributed by atoms with Gasteiger partial charge in [0.1, 0.15) is 16.3 Å². The lowest BCUT2D eigenvalue weighted by molar-refractivity contribution is 0.0970. The van der Waals surface area contributed by atoms with Gasteiger partial charge < -0.3 is 0 Å². The molecule has 7 heteroatoms. The molecule has 0 aliphatic carbocycles. The summed E-state index contributed by atoms with van der Waals surface area (Å²) >= 11 is 3.26. The van der Waals surface area contributed by atoms with Crippen LogP contribution in [0, 0.1) is 13.8 Å². The second-order valence-electron chi connectivity index (χ2n) is 5.51. The van der Waals surface area contributed by atoms with Crippen LogP contribution in [0.15, 0.2) is 33.9 Å². The monoisotopic (exact) mass is 374 g/mol. The summed E-state index contributed by atoms with van der Waals surface area (Å²) in [6.07, 6.45) is 1.39. The van der Waals surface area contributed by atoms with Crippen molar-refractivity contribution in [1.82, 2.24) is 19.3 Å². The Kier molecular flexibility index (Phi) is 3.89. The number of rotatable bonds is 3. The standard InChI is InChI=1S/C16H15BrN4O2/c1-9-4-5-11(6-10(9)2)12(22)7-21-8-18-15-13(16(21)23)14(17)19-20(15)3/h4-6,8H,7H2,1-3H3. The van der Waals surface area contributed by atoms with Gasteiger partial charge in [-0.05, 0) is 47.0 Å². The van der Waals surface area contributed by atoms with Crippen LogP contribution in [0.1, 0.15) is 21.5 Å². The number of carbonyl (C=O) groups is 1. The molecular weight excluding hydrogens is 360 g/mol. The maximum absolute atomic E-state index is 12.5. The predicted octanol–water partition coefficient (Wildman–Crippen LogP) is 2.39. The Bertz CT molecular complexity index is 988. The van der Waals surface area contributed by atoms with Gasteiger partial charge in [-0.1, -0.05) is 12.1 Å². The minimum absolute atomic E-state index is 0.0500. The van der Waals surface area contributed by atoms with E-state index in [1.807, 2.05) is 26.0 Å². The first kappa shape index (κ1) is 15.6. The van der Waals surface area contributed by atoms with E-state index in [4.69, 9.17) is 0 Å². The maximum atomic E-state index is 12.5. The Labute approximate surface area is 140 Å². The molecule has 2 heterocycles. The molecule has 0 bridgehead atoms. The van der Waals surface area contributed by atoms with Crippen LogP contribution in [-0.2, 0) is 13.6 Å². The van der Waals surface area contributed by atoms with Gasteiger partial charge in [0.2, 0.25) is 0 Å². The molecule has 0 aliphatic heterocycles. The van der Waals surface area contributed by atoms with Gasteiger partial charge in [0.05, 0.1) is 6.54 Å². The molecule has 0 saturated heterocycles. The van der Waals surface area contributed by atoms with E-state index >= 15 is 0 Å². The highest BCUT2D eigenvalue weighted by Gasteiger charge is 2.15. The fourth-order valence-electron chi connectivity index (χ4n) is 2.41. The molecule has 118 valence electrons. The van der Waals surface area contributed by atoms with E-state index in [0.29, 0.717) is 21.2 Å². The quantitative estimate of drug-likeness (QED) is 0.660. The fraction of sp³-hybridized carbons (Fsp3) is 0.250. The molecule has 0 amide bonds. The Morgan fingerprint density at radius 1 is 1.26 bits per heavy atom. The molecule has 23 heavy (non-hydrogen) atoms. The number of nitrogens with zero attached hydrogens (tertiary/aromatic N) is 4. The van der Waals surface area contributed by atoms with Crippen molar-refractivity contribution in [2.45, 2.75) is 20.4 Å². The fourth-order valence-corrected chi connectivity index (χ4v) is 2.99. The lowest BCUT2D eigenvalue weighted by Gasteiger charge is -2.07. The van der Waals surface area contributed by atoms with Crippen LogP contribution in [-0.4, -0.2) is 25.1 Å². The first-order valence-electron chi connectivity index (χ1n) is 7.06. The van der Waals surface area contributed by atoms with E-state index in [9.17, 15) is 9.59 Å². The van der Waals surface area contributed by atoms with Gasteiger partial charge in [-0.15, -0.1) is 0 Å². The molecule has 0 N–H and O–H groups in total. The van der Waals surface area contributed by atoms with Gasteiger partial charge >= 0.3 is 0 Å². The van der Waals surface area contributed by atoms with E-state index in [1.165, 1.54) is 15.6 Å². The molecular formula is C16H15BrN4O2. The van der Waals surface area contributed by atoms with Crippen molar-refractivity contribution >= 4 is 32.7 Å². The molecule has 0 saturated carbocycles. The van der Waals surface area contributed by atoms with Crippen LogP contribution in [0.5, 0.6) is 0 Å². The van der Waals surface area contributed by atoms with Gasteiger partial charge in [-0.25, -0.2) is 9.67 Å². The normalized spacial score (nSPS) is 11.1. The number of hydrogen-bond donors (Lipinski definition) is 0. The molecule has 2 aromatic heterocycles. The van der Waals surface area contributed by atoms with Gasteiger partial charge in [-0.2, -0.15) is 5.10 Å². The van der Waals surface area contributed by atoms with Crippen LogP contribution in [0.2, 0.25) is 0 Å². The zero-order valence-corrected chi connectivity index (χ0v) is 14.6. The first-order valence-corrected chi connectivity index (χ1v) is 7.86. The minimum Gasteiger partial charge on any atom is -0.292 e. The highest BCUT2D eigenvalue weighted by atomic mass is 79.9. The van der Waals surface area contributed by atoms with E-state index in [2.05, 4.69) is 26.0 Å². The van der Waals surface area contributed by atoms with Crippen molar-refractivity contribution in [2.75, 3.05) is 0 Å². The summed E-state index contributed by atoms with van der Waals surface area (Å²) < 4.78 is 3.27. The summed E-state index contributed by atoms with van der Waals surface area (Å²) in [5.41, 5.74) is 2.96.